The van der Waals surface area contributed by atoms with Gasteiger partial charge in [0.05, 0.1) is 0 Å². The van der Waals surface area contributed by atoms with E-state index in [4.69, 9.17) is 0 Å². The van der Waals surface area contributed by atoms with Crippen LogP contribution in [0.3, 0.4) is 0 Å². The molecule has 0 fully saturated rings. The molecule has 0 aromatic rings. The molecule has 1 aliphatic carbocycles. The summed E-state index contributed by atoms with van der Waals surface area (Å²) in [6, 6.07) is 0. The van der Waals surface area contributed by atoms with Crippen molar-refractivity contribution in [3.05, 3.63) is 24.3 Å². The van der Waals surface area contributed by atoms with Crippen LogP contribution in [0.15, 0.2) is 24.3 Å². The summed E-state index contributed by atoms with van der Waals surface area (Å²) in [4.78, 5) is 0. The fourth-order valence-corrected chi connectivity index (χ4v) is 0.874. The minimum absolute atomic E-state index is 0.208. The quantitative estimate of drug-likeness (QED) is 0.501. The summed E-state index contributed by atoms with van der Waals surface area (Å²) in [7, 11) is 0. The maximum absolute atomic E-state index is 3.17. The van der Waals surface area contributed by atoms with Crippen molar-refractivity contribution >= 4 is 26.6 Å². The average Bonchev–Trinajstić information content (AvgIpc) is 1.86. The van der Waals surface area contributed by atoms with Crippen molar-refractivity contribution in [3.63, 3.8) is 0 Å². The van der Waals surface area contributed by atoms with Gasteiger partial charge in [0, 0.05) is 0 Å². The van der Waals surface area contributed by atoms with E-state index in [0.29, 0.717) is 0 Å². The van der Waals surface area contributed by atoms with E-state index in [2.05, 4.69) is 50.9 Å². The van der Waals surface area contributed by atoms with Gasteiger partial charge in [0.15, 0.2) is 0 Å². The van der Waals surface area contributed by atoms with Crippen molar-refractivity contribution in [2.24, 2.45) is 0 Å². The Morgan fingerprint density at radius 2 is 1.27 bits per heavy atom. The molecule has 0 nitrogen and oxygen atoms in total. The monoisotopic (exact) mass is 461 g/mol. The Balaban J connectivity index is 0.000000292. The van der Waals surface area contributed by atoms with Crippen molar-refractivity contribution < 1.29 is 14.5 Å². The Hall–Kier alpha value is 1.13. The summed E-state index contributed by atoms with van der Waals surface area (Å²) >= 11 is 6.56. The zero-order valence-electron chi connectivity index (χ0n) is 6.21. The van der Waals surface area contributed by atoms with Gasteiger partial charge in [0.1, 0.15) is 0 Å². The van der Waals surface area contributed by atoms with Gasteiger partial charge in [-0.25, -0.2) is 0 Å². The van der Waals surface area contributed by atoms with Gasteiger partial charge in [0.2, 0.25) is 0 Å². The fraction of sp³-hybridized carbons (Fsp3) is 0.500. The molecule has 0 N–H and O–H groups in total. The Labute approximate surface area is 90.3 Å². The molecule has 0 saturated carbocycles. The molecule has 0 heterocycles. The standard InChI is InChI=1S/C8H12.2BrH.Pt/c1-2-4-6-8-7-5-3-1;;;/h1-4H,5-8H2;2*1H;/q;;;+2/p-2. The molecule has 0 saturated heterocycles. The van der Waals surface area contributed by atoms with Crippen molar-refractivity contribution in [2.75, 3.05) is 0 Å². The van der Waals surface area contributed by atoms with Crippen LogP contribution in [0.1, 0.15) is 25.7 Å². The summed E-state index contributed by atoms with van der Waals surface area (Å²) in [5, 5.41) is 0. The first-order chi connectivity index (χ1) is 5.41. The molecule has 0 aromatic carbocycles. The normalized spacial score (nSPS) is 16.5. The van der Waals surface area contributed by atoms with E-state index in [9.17, 15) is 0 Å². The average molecular weight is 463 g/mol. The molecule has 11 heavy (non-hydrogen) atoms. The molecule has 0 aromatic heterocycles. The third kappa shape index (κ3) is 11.1. The van der Waals surface area contributed by atoms with E-state index >= 15 is 0 Å². The van der Waals surface area contributed by atoms with E-state index in [1.807, 2.05) is 0 Å². The van der Waals surface area contributed by atoms with Crippen molar-refractivity contribution in [2.45, 2.75) is 25.7 Å². The molecule has 3 heteroatoms. The first-order valence-electron chi connectivity index (χ1n) is 3.56. The van der Waals surface area contributed by atoms with Gasteiger partial charge in [-0.2, -0.15) is 0 Å². The van der Waals surface area contributed by atoms with Gasteiger partial charge >= 0.3 is 41.0 Å². The number of hydrogen-bond donors (Lipinski definition) is 0. The SMILES string of the molecule is C1=CCCCCC=C1.[Br][Pt][Br]. The molecule has 1 aliphatic rings. The maximum atomic E-state index is 3.17. The van der Waals surface area contributed by atoms with E-state index in [0.717, 1.165) is 0 Å². The van der Waals surface area contributed by atoms with Crippen LogP contribution < -0.4 is 0 Å². The van der Waals surface area contributed by atoms with Gasteiger partial charge in [-0.05, 0) is 25.7 Å². The van der Waals surface area contributed by atoms with Crippen LogP contribution in [0, 0.1) is 0 Å². The molecular weight excluding hydrogens is 451 g/mol. The number of hydrogen-bond acceptors (Lipinski definition) is 0. The Kier molecular flexibility index (Phi) is 12.3. The van der Waals surface area contributed by atoms with Crippen LogP contribution in [0.2, 0.25) is 0 Å². The van der Waals surface area contributed by atoms with E-state index in [1.54, 1.807) is 0 Å². The summed E-state index contributed by atoms with van der Waals surface area (Å²) < 4.78 is 0. The van der Waals surface area contributed by atoms with Gasteiger partial charge < -0.3 is 0 Å². The summed E-state index contributed by atoms with van der Waals surface area (Å²) in [6.45, 7) is 0. The van der Waals surface area contributed by atoms with Gasteiger partial charge in [-0.15, -0.1) is 0 Å². The first kappa shape index (κ1) is 12.1. The molecule has 0 spiro atoms. The van der Waals surface area contributed by atoms with Crippen molar-refractivity contribution in [1.29, 1.82) is 0 Å². The summed E-state index contributed by atoms with van der Waals surface area (Å²) in [5.74, 6) is 0. The predicted octanol–water partition coefficient (Wildman–Crippen LogP) is 4.36. The second-order valence-electron chi connectivity index (χ2n) is 2.19. The van der Waals surface area contributed by atoms with Crippen molar-refractivity contribution in [1.82, 2.24) is 0 Å². The van der Waals surface area contributed by atoms with Crippen LogP contribution in [0.4, 0.5) is 0 Å². The Morgan fingerprint density at radius 1 is 0.909 bits per heavy atom. The molecule has 0 aliphatic heterocycles. The zero-order valence-corrected chi connectivity index (χ0v) is 11.7. The van der Waals surface area contributed by atoms with Gasteiger partial charge in [-0.3, -0.25) is 0 Å². The molecule has 68 valence electrons. The van der Waals surface area contributed by atoms with Crippen LogP contribution in [-0.2, 0) is 14.5 Å². The Morgan fingerprint density at radius 3 is 1.64 bits per heavy atom. The summed E-state index contributed by atoms with van der Waals surface area (Å²) in [6.07, 6.45) is 14.0. The zero-order chi connectivity index (χ0) is 8.36. The molecular formula is C8H12Br2Pt. The second-order valence-corrected chi connectivity index (χ2v) is 12.1. The second kappa shape index (κ2) is 11.1. The predicted molar refractivity (Wildman–Crippen MR) is 54.6 cm³/mol. The van der Waals surface area contributed by atoms with Crippen LogP contribution in [0.5, 0.6) is 0 Å². The summed E-state index contributed by atoms with van der Waals surface area (Å²) in [5.41, 5.74) is 0. The molecule has 0 atom stereocenters. The van der Waals surface area contributed by atoms with Crippen molar-refractivity contribution in [3.8, 4) is 0 Å². The number of halogens is 2. The molecule has 0 radical (unpaired) electrons. The number of rotatable bonds is 0. The third-order valence-electron chi connectivity index (χ3n) is 1.37. The van der Waals surface area contributed by atoms with E-state index in [1.165, 1.54) is 25.7 Å². The third-order valence-corrected chi connectivity index (χ3v) is 1.37. The fourth-order valence-electron chi connectivity index (χ4n) is 0.874. The number of allylic oxidation sites excluding steroid dienone is 4. The topological polar surface area (TPSA) is 0 Å². The van der Waals surface area contributed by atoms with Crippen LogP contribution in [-0.4, -0.2) is 0 Å². The molecule has 0 amide bonds. The van der Waals surface area contributed by atoms with Crippen LogP contribution in [0.25, 0.3) is 0 Å². The van der Waals surface area contributed by atoms with E-state index in [-0.39, 0.29) is 14.5 Å². The first-order valence-corrected chi connectivity index (χ1v) is 13.5. The van der Waals surface area contributed by atoms with Gasteiger partial charge in [0.25, 0.3) is 0 Å². The minimum atomic E-state index is 0.208. The Bertz CT molecular complexity index is 107. The van der Waals surface area contributed by atoms with Crippen LogP contribution >= 0.6 is 26.6 Å². The molecule has 0 unspecified atom stereocenters. The van der Waals surface area contributed by atoms with E-state index < -0.39 is 0 Å². The molecule has 1 rings (SSSR count). The molecule has 0 bridgehead atoms. The van der Waals surface area contributed by atoms with Gasteiger partial charge in [-0.1, -0.05) is 24.3 Å².